The molecule has 0 heterocycles. The van der Waals surface area contributed by atoms with Gasteiger partial charge < -0.3 is 5.11 Å². The minimum atomic E-state index is -0.546. The van der Waals surface area contributed by atoms with E-state index in [9.17, 15) is 5.11 Å². The van der Waals surface area contributed by atoms with Crippen LogP contribution < -0.4 is 0 Å². The van der Waals surface area contributed by atoms with Crippen LogP contribution in [0, 0.1) is 5.41 Å². The lowest BCUT2D eigenvalue weighted by atomic mass is 9.78. The van der Waals surface area contributed by atoms with Gasteiger partial charge in [-0.3, -0.25) is 0 Å². The summed E-state index contributed by atoms with van der Waals surface area (Å²) in [5, 5.41) is 9.52. The van der Waals surface area contributed by atoms with Crippen LogP contribution in [-0.4, -0.2) is 10.7 Å². The lowest BCUT2D eigenvalue weighted by Crippen LogP contribution is -2.28. The van der Waals surface area contributed by atoms with E-state index in [1.165, 1.54) is 0 Å². The molecule has 0 bridgehead atoms. The van der Waals surface area contributed by atoms with Crippen molar-refractivity contribution in [3.8, 4) is 0 Å². The Morgan fingerprint density at radius 2 is 1.70 bits per heavy atom. The molecular weight excluding hydrogens is 124 g/mol. The first-order chi connectivity index (χ1) is 4.41. The fourth-order valence-corrected chi connectivity index (χ4v) is 1.15. The summed E-state index contributed by atoms with van der Waals surface area (Å²) in [5.41, 5.74) is -0.252. The molecule has 0 amide bonds. The van der Waals surface area contributed by atoms with Gasteiger partial charge in [0.05, 0.1) is 5.60 Å². The molecule has 0 fully saturated rings. The Bertz CT molecular complexity index is 136. The van der Waals surface area contributed by atoms with Gasteiger partial charge in [0.2, 0.25) is 0 Å². The number of rotatable bonds is 0. The molecule has 0 spiro atoms. The second kappa shape index (κ2) is 2.09. The van der Waals surface area contributed by atoms with Crippen molar-refractivity contribution in [1.82, 2.24) is 0 Å². The van der Waals surface area contributed by atoms with E-state index in [1.54, 1.807) is 0 Å². The standard InChI is InChI=1S/C9H16O/c1-8(2)4-6-9(3,10)7-5-8/h4,6,10H,5,7H2,1-3H3/t9-/m0/s1. The first-order valence-electron chi connectivity index (χ1n) is 3.84. The van der Waals surface area contributed by atoms with Crippen LogP contribution in [0.25, 0.3) is 0 Å². The first kappa shape index (κ1) is 7.80. The third-order valence-electron chi connectivity index (χ3n) is 2.17. The van der Waals surface area contributed by atoms with Crippen molar-refractivity contribution in [2.45, 2.75) is 39.2 Å². The van der Waals surface area contributed by atoms with Gasteiger partial charge in [-0.05, 0) is 25.2 Å². The van der Waals surface area contributed by atoms with Gasteiger partial charge in [-0.2, -0.15) is 0 Å². The van der Waals surface area contributed by atoms with Crippen molar-refractivity contribution in [1.29, 1.82) is 0 Å². The molecule has 1 aliphatic rings. The number of allylic oxidation sites excluding steroid dienone is 1. The maximum Gasteiger partial charge on any atom is 0.0800 e. The third kappa shape index (κ3) is 1.84. The topological polar surface area (TPSA) is 20.2 Å². The highest BCUT2D eigenvalue weighted by Gasteiger charge is 2.27. The summed E-state index contributed by atoms with van der Waals surface area (Å²) < 4.78 is 0. The van der Waals surface area contributed by atoms with Crippen LogP contribution in [0.3, 0.4) is 0 Å². The minimum absolute atomic E-state index is 0.294. The van der Waals surface area contributed by atoms with Gasteiger partial charge in [0.1, 0.15) is 0 Å². The second-order valence-electron chi connectivity index (χ2n) is 4.18. The van der Waals surface area contributed by atoms with Crippen molar-refractivity contribution < 1.29 is 5.11 Å². The number of hydrogen-bond acceptors (Lipinski definition) is 1. The molecule has 1 N–H and O–H groups in total. The van der Waals surface area contributed by atoms with Crippen molar-refractivity contribution in [3.63, 3.8) is 0 Å². The molecule has 1 atom stereocenters. The van der Waals surface area contributed by atoms with Crippen LogP contribution in [0.4, 0.5) is 0 Å². The van der Waals surface area contributed by atoms with Gasteiger partial charge in [0, 0.05) is 0 Å². The third-order valence-corrected chi connectivity index (χ3v) is 2.17. The summed E-state index contributed by atoms with van der Waals surface area (Å²) in [5.74, 6) is 0. The molecule has 1 nitrogen and oxygen atoms in total. The van der Waals surface area contributed by atoms with E-state index in [2.05, 4.69) is 19.9 Å². The quantitative estimate of drug-likeness (QED) is 0.511. The van der Waals surface area contributed by atoms with Gasteiger partial charge in [-0.15, -0.1) is 0 Å². The Balaban J connectivity index is 2.70. The van der Waals surface area contributed by atoms with E-state index in [0.717, 1.165) is 12.8 Å². The molecule has 0 radical (unpaired) electrons. The average molecular weight is 140 g/mol. The molecule has 0 unspecified atom stereocenters. The average Bonchev–Trinajstić information content (AvgIpc) is 1.79. The Morgan fingerprint density at radius 3 is 2.00 bits per heavy atom. The van der Waals surface area contributed by atoms with Crippen LogP contribution in [-0.2, 0) is 0 Å². The van der Waals surface area contributed by atoms with Gasteiger partial charge in [-0.25, -0.2) is 0 Å². The highest BCUT2D eigenvalue weighted by atomic mass is 16.3. The molecule has 1 heteroatoms. The van der Waals surface area contributed by atoms with Crippen molar-refractivity contribution >= 4 is 0 Å². The highest BCUT2D eigenvalue weighted by molar-refractivity contribution is 5.09. The zero-order valence-electron chi connectivity index (χ0n) is 7.02. The maximum atomic E-state index is 9.52. The summed E-state index contributed by atoms with van der Waals surface area (Å²) >= 11 is 0. The number of hydrogen-bond donors (Lipinski definition) is 1. The molecule has 10 heavy (non-hydrogen) atoms. The zero-order chi connectivity index (χ0) is 7.83. The summed E-state index contributed by atoms with van der Waals surface area (Å²) in [4.78, 5) is 0. The van der Waals surface area contributed by atoms with Crippen LogP contribution in [0.5, 0.6) is 0 Å². The van der Waals surface area contributed by atoms with E-state index in [0.29, 0.717) is 5.41 Å². The first-order valence-corrected chi connectivity index (χ1v) is 3.84. The lowest BCUT2D eigenvalue weighted by Gasteiger charge is -2.32. The minimum Gasteiger partial charge on any atom is -0.386 e. The number of aliphatic hydroxyl groups is 1. The highest BCUT2D eigenvalue weighted by Crippen LogP contribution is 2.33. The van der Waals surface area contributed by atoms with Crippen LogP contribution in [0.2, 0.25) is 0 Å². The van der Waals surface area contributed by atoms with Crippen molar-refractivity contribution in [2.24, 2.45) is 5.41 Å². The monoisotopic (exact) mass is 140 g/mol. The Kier molecular flexibility index (Phi) is 1.63. The Labute approximate surface area is 62.8 Å². The molecule has 0 aromatic rings. The van der Waals surface area contributed by atoms with Crippen LogP contribution in [0.15, 0.2) is 12.2 Å². The van der Waals surface area contributed by atoms with Crippen LogP contribution in [0.1, 0.15) is 33.6 Å². The van der Waals surface area contributed by atoms with Gasteiger partial charge in [0.15, 0.2) is 0 Å². The van der Waals surface area contributed by atoms with Crippen LogP contribution >= 0.6 is 0 Å². The second-order valence-corrected chi connectivity index (χ2v) is 4.18. The van der Waals surface area contributed by atoms with Crippen molar-refractivity contribution in [2.75, 3.05) is 0 Å². The summed E-state index contributed by atoms with van der Waals surface area (Å²) in [6, 6.07) is 0. The van der Waals surface area contributed by atoms with E-state index >= 15 is 0 Å². The smallest absolute Gasteiger partial charge is 0.0800 e. The molecule has 0 aromatic heterocycles. The van der Waals surface area contributed by atoms with E-state index in [-0.39, 0.29) is 0 Å². The van der Waals surface area contributed by atoms with Gasteiger partial charge in [0.25, 0.3) is 0 Å². The molecule has 0 aromatic carbocycles. The molecule has 1 rings (SSSR count). The van der Waals surface area contributed by atoms with E-state index in [1.807, 2.05) is 13.0 Å². The zero-order valence-corrected chi connectivity index (χ0v) is 7.02. The Morgan fingerprint density at radius 1 is 1.10 bits per heavy atom. The SMILES string of the molecule is CC1(C)C=C[C@](C)(O)CC1. The van der Waals surface area contributed by atoms with Crippen molar-refractivity contribution in [3.05, 3.63) is 12.2 Å². The largest absolute Gasteiger partial charge is 0.386 e. The van der Waals surface area contributed by atoms with E-state index in [4.69, 9.17) is 0 Å². The molecule has 58 valence electrons. The predicted octanol–water partition coefficient (Wildman–Crippen LogP) is 2.11. The fourth-order valence-electron chi connectivity index (χ4n) is 1.15. The lowest BCUT2D eigenvalue weighted by molar-refractivity contribution is 0.0793. The molecule has 0 aliphatic heterocycles. The Hall–Kier alpha value is -0.300. The van der Waals surface area contributed by atoms with E-state index < -0.39 is 5.60 Å². The summed E-state index contributed by atoms with van der Waals surface area (Å²) in [6.07, 6.45) is 5.99. The molecule has 0 saturated carbocycles. The normalized spacial score (nSPS) is 38.0. The predicted molar refractivity (Wildman–Crippen MR) is 42.8 cm³/mol. The molecule has 1 aliphatic carbocycles. The van der Waals surface area contributed by atoms with Gasteiger partial charge >= 0.3 is 0 Å². The maximum absolute atomic E-state index is 9.52. The molecule has 0 saturated heterocycles. The summed E-state index contributed by atoms with van der Waals surface area (Å²) in [6.45, 7) is 6.25. The fraction of sp³-hybridized carbons (Fsp3) is 0.778. The summed E-state index contributed by atoms with van der Waals surface area (Å²) in [7, 11) is 0. The van der Waals surface area contributed by atoms with Gasteiger partial charge in [-0.1, -0.05) is 26.0 Å². The molecular formula is C9H16O.